The van der Waals surface area contributed by atoms with Crippen molar-refractivity contribution in [3.63, 3.8) is 0 Å². The van der Waals surface area contributed by atoms with E-state index in [0.29, 0.717) is 77.3 Å². The minimum absolute atomic E-state index is 0.0117. The number of carboxylic acid groups (broad SMARTS) is 1. The molecular formula is C50H84N2O11. The van der Waals surface area contributed by atoms with E-state index in [1.54, 1.807) is 0 Å². The maximum absolute atomic E-state index is 14.9. The van der Waals surface area contributed by atoms with Crippen LogP contribution in [0, 0.1) is 40.9 Å². The van der Waals surface area contributed by atoms with Gasteiger partial charge in [0.2, 0.25) is 0 Å². The first-order chi connectivity index (χ1) is 29.6. The monoisotopic (exact) mass is 889 g/mol. The molecular weight excluding hydrogens is 805 g/mol. The van der Waals surface area contributed by atoms with Crippen LogP contribution < -0.4 is 5.32 Å². The zero-order valence-electron chi connectivity index (χ0n) is 40.7. The van der Waals surface area contributed by atoms with Crippen molar-refractivity contribution in [3.05, 3.63) is 12.2 Å². The second-order valence-electron chi connectivity index (χ2n) is 21.4. The Morgan fingerprint density at radius 3 is 2.13 bits per heavy atom. The van der Waals surface area contributed by atoms with Gasteiger partial charge in [0, 0.05) is 42.7 Å². The summed E-state index contributed by atoms with van der Waals surface area (Å²) in [6.45, 7) is 25.3. The molecule has 2 amide bonds. The lowest BCUT2D eigenvalue weighted by atomic mass is 9.72. The second-order valence-corrected chi connectivity index (χ2v) is 21.4. The molecule has 3 spiro atoms. The van der Waals surface area contributed by atoms with E-state index in [0.717, 1.165) is 19.3 Å². The molecule has 1 aliphatic carbocycles. The molecule has 13 nitrogen and oxygen atoms in total. The molecule has 18 atom stereocenters. The quantitative estimate of drug-likeness (QED) is 0.110. The predicted molar refractivity (Wildman–Crippen MR) is 240 cm³/mol. The zero-order chi connectivity index (χ0) is 46.5. The van der Waals surface area contributed by atoms with Crippen LogP contribution >= 0.6 is 0 Å². The van der Waals surface area contributed by atoms with Gasteiger partial charge in [0.05, 0.1) is 53.2 Å². The van der Waals surface area contributed by atoms with Gasteiger partial charge in [0.25, 0.3) is 0 Å². The molecule has 0 aromatic heterocycles. The van der Waals surface area contributed by atoms with Gasteiger partial charge in [-0.05, 0) is 109 Å². The highest BCUT2D eigenvalue weighted by atomic mass is 16.8. The summed E-state index contributed by atoms with van der Waals surface area (Å²) in [6.07, 6.45) is 9.43. The summed E-state index contributed by atoms with van der Waals surface area (Å²) in [4.78, 5) is 42.8. The number of carboxylic acids is 1. The second kappa shape index (κ2) is 18.9. The van der Waals surface area contributed by atoms with Crippen molar-refractivity contribution in [2.75, 3.05) is 13.1 Å². The summed E-state index contributed by atoms with van der Waals surface area (Å²) in [7, 11) is 0. The molecule has 0 aromatic carbocycles. The van der Waals surface area contributed by atoms with Crippen LogP contribution in [0.25, 0.3) is 0 Å². The average molecular weight is 889 g/mol. The molecule has 0 bridgehead atoms. The van der Waals surface area contributed by atoms with Gasteiger partial charge in [-0.25, -0.2) is 4.79 Å². The number of hydrogen-bond acceptors (Lipinski definition) is 10. The molecule has 4 N–H and O–H groups in total. The maximum Gasteiger partial charge on any atom is 0.318 e. The van der Waals surface area contributed by atoms with Gasteiger partial charge in [-0.2, -0.15) is 0 Å². The van der Waals surface area contributed by atoms with Crippen molar-refractivity contribution in [2.45, 2.75) is 231 Å². The highest BCUT2D eigenvalue weighted by molar-refractivity contribution is 5.84. The van der Waals surface area contributed by atoms with Crippen molar-refractivity contribution in [1.82, 2.24) is 10.2 Å². The number of nitrogens with one attached hydrogen (secondary N) is 1. The van der Waals surface area contributed by atoms with Crippen LogP contribution in [0.3, 0.4) is 0 Å². The lowest BCUT2D eigenvalue weighted by Crippen LogP contribution is -2.66. The standard InChI is InChI=1S/C50H84N2O11/c1-13-26-52(27-14-2)44(57)51-38-20-23-49(63-50(38)25-24-46(12,62-50)39-21-22-47(58,17-5)34(10)59-39)32(8)28-30(6)41(61-49)36(16-4)40(53)33(9)42(54)45(11)29-48(45)31(7)18-19-37(60-48)35(15-3)43(55)56/h20,23,30-39,41-42,54,58H,13-19,21-22,24-29H2,1-12H3,(H,51,57)(H,55,56)/t30-,31-,32+,33+,34-,35+,36?,37+,38+,39+,41-,42+,45?,46-,47+,48+,49-,50-/m0/s1. The molecule has 5 aliphatic heterocycles. The number of ether oxygens (including phenoxy) is 5. The molecule has 0 aromatic rings. The third-order valence-corrected chi connectivity index (χ3v) is 17.3. The SMILES string of the molecule is CCCN(CCC)C(=O)N[C@@H]1C=C[C@]2(O[C@H](C(CC)C(=O)[C@@H](C)[C@@H](O)C3(C)C[C@]34O[C@@H]([C@@H](CC)C(=O)O)CC[C@@H]4C)[C@@H](C)C[C@H]2C)O[C@@]12CC[C@@](C)([C@H]1CC[C@](O)(CC)[C@H](C)O1)O2. The number of ketones is 1. The third-order valence-electron chi connectivity index (χ3n) is 17.3. The summed E-state index contributed by atoms with van der Waals surface area (Å²) in [5, 5.41) is 36.7. The number of carbonyl (C=O) groups is 3. The van der Waals surface area contributed by atoms with Gasteiger partial charge in [0.1, 0.15) is 11.8 Å². The number of aliphatic hydroxyl groups excluding tert-OH is 1. The van der Waals surface area contributed by atoms with E-state index in [9.17, 15) is 29.7 Å². The van der Waals surface area contributed by atoms with Crippen molar-refractivity contribution in [2.24, 2.45) is 40.9 Å². The number of urea groups is 1. The maximum atomic E-state index is 14.9. The molecule has 2 unspecified atom stereocenters. The summed E-state index contributed by atoms with van der Waals surface area (Å²) in [5.74, 6) is -5.46. The number of aliphatic carboxylic acids is 1. The van der Waals surface area contributed by atoms with Crippen molar-refractivity contribution in [3.8, 4) is 0 Å². The van der Waals surface area contributed by atoms with E-state index < -0.39 is 81.9 Å². The lowest BCUT2D eigenvalue weighted by molar-refractivity contribution is -0.398. The topological polar surface area (TPSA) is 173 Å². The Morgan fingerprint density at radius 1 is 0.873 bits per heavy atom. The summed E-state index contributed by atoms with van der Waals surface area (Å²) < 4.78 is 35.1. The molecule has 360 valence electrons. The van der Waals surface area contributed by atoms with Crippen molar-refractivity contribution >= 4 is 17.8 Å². The largest absolute Gasteiger partial charge is 0.481 e. The van der Waals surface area contributed by atoms with Crippen LogP contribution in [-0.2, 0) is 33.3 Å². The Bertz CT molecular complexity index is 1670. The first-order valence-electron chi connectivity index (χ1n) is 24.9. The van der Waals surface area contributed by atoms with Crippen LogP contribution in [0.2, 0.25) is 0 Å². The number of hydrogen-bond donors (Lipinski definition) is 4. The Hall–Kier alpha value is -2.13. The fourth-order valence-corrected chi connectivity index (χ4v) is 12.8. The minimum Gasteiger partial charge on any atom is -0.481 e. The van der Waals surface area contributed by atoms with Gasteiger partial charge in [-0.1, -0.05) is 75.3 Å². The van der Waals surface area contributed by atoms with Gasteiger partial charge < -0.3 is 49.2 Å². The summed E-state index contributed by atoms with van der Waals surface area (Å²) >= 11 is 0. The van der Waals surface area contributed by atoms with Crippen LogP contribution in [0.5, 0.6) is 0 Å². The minimum atomic E-state index is -1.32. The average Bonchev–Trinajstić information content (AvgIpc) is 3.70. The van der Waals surface area contributed by atoms with E-state index in [-0.39, 0.29) is 41.8 Å². The molecule has 1 saturated carbocycles. The Balaban J connectivity index is 1.26. The molecule has 6 aliphatic rings. The molecule has 13 heteroatoms. The number of aliphatic hydroxyl groups is 2. The Morgan fingerprint density at radius 2 is 1.54 bits per heavy atom. The normalized spacial score (nSPS) is 44.3. The van der Waals surface area contributed by atoms with Crippen molar-refractivity contribution in [1.29, 1.82) is 0 Å². The molecule has 5 fully saturated rings. The van der Waals surface area contributed by atoms with Crippen LogP contribution in [0.4, 0.5) is 4.79 Å². The Kier molecular flexibility index (Phi) is 15.1. The fourth-order valence-electron chi connectivity index (χ4n) is 12.8. The molecule has 4 saturated heterocycles. The van der Waals surface area contributed by atoms with Crippen LogP contribution in [-0.4, -0.2) is 116 Å². The molecule has 0 radical (unpaired) electrons. The molecule has 5 heterocycles. The number of nitrogens with zero attached hydrogens (tertiary/aromatic N) is 1. The highest BCUT2D eigenvalue weighted by Crippen LogP contribution is 2.68. The van der Waals surface area contributed by atoms with E-state index in [1.807, 2.05) is 58.6 Å². The van der Waals surface area contributed by atoms with E-state index >= 15 is 0 Å². The van der Waals surface area contributed by atoms with Crippen molar-refractivity contribution < 1.29 is 53.4 Å². The predicted octanol–water partition coefficient (Wildman–Crippen LogP) is 8.17. The van der Waals surface area contributed by atoms with Crippen LogP contribution in [0.1, 0.15) is 167 Å². The van der Waals surface area contributed by atoms with E-state index in [1.165, 1.54) is 0 Å². The van der Waals surface area contributed by atoms with Gasteiger partial charge in [-0.3, -0.25) is 9.59 Å². The van der Waals surface area contributed by atoms with Gasteiger partial charge in [0.15, 0.2) is 11.6 Å². The zero-order valence-corrected chi connectivity index (χ0v) is 40.7. The first-order valence-corrected chi connectivity index (χ1v) is 24.9. The molecule has 63 heavy (non-hydrogen) atoms. The number of carbonyl (C=O) groups excluding carboxylic acids is 2. The number of rotatable bonds is 16. The van der Waals surface area contributed by atoms with Gasteiger partial charge >= 0.3 is 12.0 Å². The molecule has 6 rings (SSSR count). The fraction of sp³-hybridized carbons (Fsp3) is 0.900. The third kappa shape index (κ3) is 8.93. The summed E-state index contributed by atoms with van der Waals surface area (Å²) in [6, 6.07) is -0.830. The van der Waals surface area contributed by atoms with E-state index in [2.05, 4.69) is 46.9 Å². The van der Waals surface area contributed by atoms with Crippen LogP contribution in [0.15, 0.2) is 12.2 Å². The summed E-state index contributed by atoms with van der Waals surface area (Å²) in [5.41, 5.74) is -3.10. The first kappa shape index (κ1) is 50.3. The Labute approximate surface area is 378 Å². The highest BCUT2D eigenvalue weighted by Gasteiger charge is 2.74. The number of amides is 2. The van der Waals surface area contributed by atoms with Gasteiger partial charge in [-0.15, -0.1) is 0 Å². The lowest BCUT2D eigenvalue weighted by Gasteiger charge is -2.55. The number of Topliss-reactive ketones (excluding diaryl/α,β-unsaturated/α-hetero) is 1. The van der Waals surface area contributed by atoms with E-state index in [4.69, 9.17) is 23.7 Å². The smallest absolute Gasteiger partial charge is 0.318 e.